The number of sulfonamides is 1. The molecule has 0 aliphatic heterocycles. The molecule has 0 aliphatic rings. The molecule has 0 saturated carbocycles. The fourth-order valence-corrected chi connectivity index (χ4v) is 5.25. The van der Waals surface area contributed by atoms with E-state index in [-0.39, 0.29) is 24.8 Å². The van der Waals surface area contributed by atoms with Crippen molar-refractivity contribution in [3.63, 3.8) is 0 Å². The maximum atomic E-state index is 13.5. The number of nitrogens with zero attached hydrogens (tertiary/aromatic N) is 2. The maximum Gasteiger partial charge on any atom is 0.242 e. The van der Waals surface area contributed by atoms with Crippen LogP contribution in [0.15, 0.2) is 42.5 Å². The molecule has 0 bridgehead atoms. The van der Waals surface area contributed by atoms with Crippen molar-refractivity contribution >= 4 is 39.1 Å². The van der Waals surface area contributed by atoms with Gasteiger partial charge in [-0.25, -0.2) is 8.42 Å². The van der Waals surface area contributed by atoms with Gasteiger partial charge in [0.15, 0.2) is 0 Å². The van der Waals surface area contributed by atoms with E-state index in [1.54, 1.807) is 23.1 Å². The fraction of sp³-hybridized carbons (Fsp3) is 0.500. The molecule has 0 heterocycles. The number of rotatable bonds is 13. The first-order valence-corrected chi connectivity index (χ1v) is 14.9. The van der Waals surface area contributed by atoms with E-state index in [1.165, 1.54) is 4.31 Å². The van der Waals surface area contributed by atoms with E-state index in [9.17, 15) is 18.0 Å². The van der Waals surface area contributed by atoms with Gasteiger partial charge in [-0.05, 0) is 55.9 Å². The van der Waals surface area contributed by atoms with Crippen LogP contribution in [0.2, 0.25) is 5.02 Å². The van der Waals surface area contributed by atoms with Crippen molar-refractivity contribution in [3.8, 4) is 0 Å². The second kappa shape index (κ2) is 13.8. The van der Waals surface area contributed by atoms with Gasteiger partial charge in [-0.3, -0.25) is 13.9 Å². The minimum Gasteiger partial charge on any atom is -0.354 e. The lowest BCUT2D eigenvalue weighted by Crippen LogP contribution is -2.49. The zero-order valence-electron chi connectivity index (χ0n) is 22.8. The molecule has 0 saturated heterocycles. The summed E-state index contributed by atoms with van der Waals surface area (Å²) >= 11 is 6.13. The van der Waals surface area contributed by atoms with Crippen LogP contribution < -0.4 is 9.62 Å². The van der Waals surface area contributed by atoms with Gasteiger partial charge in [0.25, 0.3) is 0 Å². The number of halogens is 1. The Balaban J connectivity index is 2.23. The Kier molecular flexibility index (Phi) is 11.4. The summed E-state index contributed by atoms with van der Waals surface area (Å²) in [5.41, 5.74) is 3.32. The molecule has 1 N–H and O–H groups in total. The van der Waals surface area contributed by atoms with Crippen LogP contribution in [0, 0.1) is 19.8 Å². The summed E-state index contributed by atoms with van der Waals surface area (Å²) in [6, 6.07) is 12.4. The van der Waals surface area contributed by atoms with Crippen LogP contribution in [0.5, 0.6) is 0 Å². The van der Waals surface area contributed by atoms with Crippen molar-refractivity contribution < 1.29 is 18.0 Å². The Morgan fingerprint density at radius 2 is 1.70 bits per heavy atom. The lowest BCUT2D eigenvalue weighted by Gasteiger charge is -2.31. The van der Waals surface area contributed by atoms with Crippen molar-refractivity contribution in [1.29, 1.82) is 0 Å². The normalized spacial score (nSPS) is 12.3. The van der Waals surface area contributed by atoms with E-state index in [4.69, 9.17) is 11.6 Å². The summed E-state index contributed by atoms with van der Waals surface area (Å²) in [5, 5.41) is 3.40. The number of amides is 2. The average Bonchev–Trinajstić information content (AvgIpc) is 2.82. The van der Waals surface area contributed by atoms with Gasteiger partial charge >= 0.3 is 0 Å². The van der Waals surface area contributed by atoms with E-state index >= 15 is 0 Å². The van der Waals surface area contributed by atoms with Crippen molar-refractivity contribution in [2.24, 2.45) is 5.92 Å². The van der Waals surface area contributed by atoms with Gasteiger partial charge < -0.3 is 10.2 Å². The molecular formula is C28H40ClN3O4S. The molecule has 2 aromatic rings. The molecule has 2 rings (SSSR count). The molecule has 0 spiro atoms. The van der Waals surface area contributed by atoms with E-state index in [0.29, 0.717) is 42.6 Å². The maximum absolute atomic E-state index is 13.5. The Bertz CT molecular complexity index is 1170. The smallest absolute Gasteiger partial charge is 0.242 e. The molecule has 0 fully saturated rings. The SMILES string of the molecule is CC[C@@H](C(=O)NCC(C)C)N(Cc1ccc(C)cc1)C(=O)CCCN(c1cc(Cl)ccc1C)S(C)(=O)=O. The zero-order valence-corrected chi connectivity index (χ0v) is 24.3. The van der Waals surface area contributed by atoms with Gasteiger partial charge in [0.1, 0.15) is 6.04 Å². The Morgan fingerprint density at radius 3 is 2.27 bits per heavy atom. The third kappa shape index (κ3) is 9.34. The molecule has 7 nitrogen and oxygen atoms in total. The predicted octanol–water partition coefficient (Wildman–Crippen LogP) is 5.08. The fourth-order valence-electron chi connectivity index (χ4n) is 4.07. The first kappa shape index (κ1) is 30.6. The van der Waals surface area contributed by atoms with E-state index < -0.39 is 16.1 Å². The minimum atomic E-state index is -3.59. The Labute approximate surface area is 227 Å². The second-order valence-corrected chi connectivity index (χ2v) is 12.3. The highest BCUT2D eigenvalue weighted by atomic mass is 35.5. The lowest BCUT2D eigenvalue weighted by molar-refractivity contribution is -0.141. The summed E-state index contributed by atoms with van der Waals surface area (Å²) in [6.07, 6.45) is 2.02. The number of nitrogens with one attached hydrogen (secondary N) is 1. The van der Waals surface area contributed by atoms with Crippen LogP contribution in [0.4, 0.5) is 5.69 Å². The molecule has 2 amide bonds. The van der Waals surface area contributed by atoms with Gasteiger partial charge in [0, 0.05) is 31.1 Å². The summed E-state index contributed by atoms with van der Waals surface area (Å²) in [7, 11) is -3.59. The third-order valence-corrected chi connectivity index (χ3v) is 7.55. The van der Waals surface area contributed by atoms with Gasteiger partial charge in [-0.15, -0.1) is 0 Å². The Hall–Kier alpha value is -2.58. The molecule has 1 atom stereocenters. The van der Waals surface area contributed by atoms with Gasteiger partial charge in [0.2, 0.25) is 21.8 Å². The number of hydrogen-bond donors (Lipinski definition) is 1. The molecule has 204 valence electrons. The summed E-state index contributed by atoms with van der Waals surface area (Å²) in [4.78, 5) is 28.2. The largest absolute Gasteiger partial charge is 0.354 e. The highest BCUT2D eigenvalue weighted by molar-refractivity contribution is 7.92. The van der Waals surface area contributed by atoms with Crippen molar-refractivity contribution in [3.05, 3.63) is 64.2 Å². The van der Waals surface area contributed by atoms with Crippen LogP contribution in [0.25, 0.3) is 0 Å². The Morgan fingerprint density at radius 1 is 1.05 bits per heavy atom. The van der Waals surface area contributed by atoms with Crippen LogP contribution in [-0.4, -0.2) is 50.5 Å². The molecule has 0 aliphatic carbocycles. The predicted molar refractivity (Wildman–Crippen MR) is 151 cm³/mol. The quantitative estimate of drug-likeness (QED) is 0.377. The summed E-state index contributed by atoms with van der Waals surface area (Å²) in [6.45, 7) is 10.7. The van der Waals surface area contributed by atoms with Gasteiger partial charge in [-0.1, -0.05) is 68.3 Å². The molecule has 2 aromatic carbocycles. The molecule has 0 radical (unpaired) electrons. The number of aryl methyl sites for hydroxylation is 2. The highest BCUT2D eigenvalue weighted by Crippen LogP contribution is 2.27. The van der Waals surface area contributed by atoms with Gasteiger partial charge in [-0.2, -0.15) is 0 Å². The van der Waals surface area contributed by atoms with E-state index in [0.717, 1.165) is 22.9 Å². The summed E-state index contributed by atoms with van der Waals surface area (Å²) < 4.78 is 26.4. The van der Waals surface area contributed by atoms with Crippen molar-refractivity contribution in [2.75, 3.05) is 23.7 Å². The molecule has 37 heavy (non-hydrogen) atoms. The number of hydrogen-bond acceptors (Lipinski definition) is 4. The first-order valence-electron chi connectivity index (χ1n) is 12.7. The first-order chi connectivity index (χ1) is 17.3. The second-order valence-electron chi connectivity index (χ2n) is 9.94. The topological polar surface area (TPSA) is 86.8 Å². The zero-order chi connectivity index (χ0) is 27.8. The highest BCUT2D eigenvalue weighted by Gasteiger charge is 2.29. The van der Waals surface area contributed by atoms with Crippen LogP contribution in [0.3, 0.4) is 0 Å². The van der Waals surface area contributed by atoms with Crippen LogP contribution in [0.1, 0.15) is 56.7 Å². The van der Waals surface area contributed by atoms with Crippen molar-refractivity contribution in [2.45, 2.75) is 66.5 Å². The standard InChI is InChI=1S/C28H40ClN3O4S/c1-7-25(28(34)30-18-20(2)3)31(19-23-13-10-21(4)11-14-23)27(33)9-8-16-32(37(6,35)36)26-17-24(29)15-12-22(26)5/h10-15,17,20,25H,7-9,16,18-19H2,1-6H3,(H,30,34)/t25-/m0/s1. The number of carbonyl (C=O) groups excluding carboxylic acids is 2. The lowest BCUT2D eigenvalue weighted by atomic mass is 10.1. The van der Waals surface area contributed by atoms with Crippen LogP contribution >= 0.6 is 11.6 Å². The average molecular weight is 550 g/mol. The van der Waals surface area contributed by atoms with Gasteiger partial charge in [0.05, 0.1) is 11.9 Å². The monoisotopic (exact) mass is 549 g/mol. The minimum absolute atomic E-state index is 0.103. The molecule has 0 unspecified atom stereocenters. The summed E-state index contributed by atoms with van der Waals surface area (Å²) in [5.74, 6) is -0.0769. The number of anilines is 1. The number of benzene rings is 2. The number of carbonyl (C=O) groups is 2. The van der Waals surface area contributed by atoms with E-state index in [1.807, 2.05) is 58.9 Å². The molecule has 9 heteroatoms. The molecule has 0 aromatic heterocycles. The van der Waals surface area contributed by atoms with Crippen molar-refractivity contribution in [1.82, 2.24) is 10.2 Å². The molecular weight excluding hydrogens is 510 g/mol. The van der Waals surface area contributed by atoms with E-state index in [2.05, 4.69) is 5.32 Å². The third-order valence-electron chi connectivity index (χ3n) is 6.14. The van der Waals surface area contributed by atoms with Crippen LogP contribution in [-0.2, 0) is 26.2 Å².